The number of aryl methyl sites for hydroxylation is 1. The van der Waals surface area contributed by atoms with Gasteiger partial charge in [-0.3, -0.25) is 4.72 Å². The number of alkyl halides is 3. The van der Waals surface area contributed by atoms with E-state index in [-0.39, 0.29) is 27.6 Å². The minimum Gasteiger partial charge on any atom is -0.353 e. The first-order chi connectivity index (χ1) is 16.6. The summed E-state index contributed by atoms with van der Waals surface area (Å²) in [4.78, 5) is 10.5. The summed E-state index contributed by atoms with van der Waals surface area (Å²) in [6, 6.07) is 13.1. The monoisotopic (exact) mass is 503 g/mol. The maximum absolute atomic E-state index is 13.7. The first kappa shape index (κ1) is 23.6. The van der Waals surface area contributed by atoms with E-state index in [4.69, 9.17) is 0 Å². The molecule has 3 heterocycles. The molecule has 5 rings (SSSR count). The fourth-order valence-electron chi connectivity index (χ4n) is 4.35. The number of anilines is 2. The van der Waals surface area contributed by atoms with Gasteiger partial charge in [0, 0.05) is 30.7 Å². The molecule has 1 aliphatic carbocycles. The van der Waals surface area contributed by atoms with Gasteiger partial charge in [-0.25, -0.2) is 9.97 Å². The molecule has 2 fully saturated rings. The topological polar surface area (TPSA) is 87.2 Å². The SMILES string of the molecule is Cc1ccccc1-c1nc(NS(=O)(=O)c2cccc(N3CCNC4(CC4)C3)n2)ccc1C(F)(F)F. The number of rotatable bonds is 5. The van der Waals surface area contributed by atoms with E-state index in [9.17, 15) is 21.6 Å². The second-order valence-electron chi connectivity index (χ2n) is 8.97. The molecule has 3 aromatic rings. The van der Waals surface area contributed by atoms with Gasteiger partial charge in [0.15, 0.2) is 5.03 Å². The number of nitrogens with zero attached hydrogens (tertiary/aromatic N) is 3. The summed E-state index contributed by atoms with van der Waals surface area (Å²) < 4.78 is 69.6. The van der Waals surface area contributed by atoms with Crippen LogP contribution < -0.4 is 14.9 Å². The van der Waals surface area contributed by atoms with Crippen LogP contribution >= 0.6 is 0 Å². The Morgan fingerprint density at radius 1 is 1.03 bits per heavy atom. The van der Waals surface area contributed by atoms with E-state index in [0.717, 1.165) is 38.1 Å². The van der Waals surface area contributed by atoms with Gasteiger partial charge in [-0.1, -0.05) is 30.3 Å². The highest BCUT2D eigenvalue weighted by atomic mass is 32.2. The maximum atomic E-state index is 13.7. The summed E-state index contributed by atoms with van der Waals surface area (Å²) in [6.07, 6.45) is -2.50. The van der Waals surface area contributed by atoms with Gasteiger partial charge in [-0.15, -0.1) is 0 Å². The first-order valence-electron chi connectivity index (χ1n) is 11.2. The lowest BCUT2D eigenvalue weighted by molar-refractivity contribution is -0.137. The molecule has 35 heavy (non-hydrogen) atoms. The van der Waals surface area contributed by atoms with Crippen molar-refractivity contribution in [2.24, 2.45) is 0 Å². The van der Waals surface area contributed by atoms with E-state index in [1.807, 2.05) is 0 Å². The van der Waals surface area contributed by atoms with E-state index in [0.29, 0.717) is 17.9 Å². The van der Waals surface area contributed by atoms with Crippen LogP contribution in [0, 0.1) is 6.92 Å². The molecular formula is C24H24F3N5O2S. The summed E-state index contributed by atoms with van der Waals surface area (Å²) in [5.74, 6) is 0.323. The maximum Gasteiger partial charge on any atom is 0.418 e. The second kappa shape index (κ2) is 8.49. The highest BCUT2D eigenvalue weighted by molar-refractivity contribution is 7.92. The zero-order chi connectivity index (χ0) is 24.8. The van der Waals surface area contributed by atoms with Crippen LogP contribution in [0.4, 0.5) is 24.8 Å². The van der Waals surface area contributed by atoms with Crippen LogP contribution in [-0.2, 0) is 16.2 Å². The largest absolute Gasteiger partial charge is 0.418 e. The third kappa shape index (κ3) is 4.83. The molecule has 2 aromatic heterocycles. The summed E-state index contributed by atoms with van der Waals surface area (Å²) in [5, 5.41) is 3.27. The number of hydrogen-bond acceptors (Lipinski definition) is 6. The fraction of sp³-hybridized carbons (Fsp3) is 0.333. The number of pyridine rings is 2. The molecule has 0 unspecified atom stereocenters. The van der Waals surface area contributed by atoms with Crippen LogP contribution in [0.25, 0.3) is 11.3 Å². The Morgan fingerprint density at radius 2 is 1.80 bits per heavy atom. The average molecular weight is 504 g/mol. The van der Waals surface area contributed by atoms with Crippen molar-refractivity contribution in [2.75, 3.05) is 29.3 Å². The standard InChI is InChI=1S/C24H24F3N5O2S/c1-16-5-2-3-6-17(16)22-18(24(25,26)27)9-10-19(29-22)31-35(33,34)21-8-4-7-20(30-21)32-14-13-28-23(15-32)11-12-23/h2-10,28H,11-15H2,1H3,(H,29,31). The number of halogens is 3. The summed E-state index contributed by atoms with van der Waals surface area (Å²) in [7, 11) is -4.19. The van der Waals surface area contributed by atoms with Gasteiger partial charge in [0.2, 0.25) is 0 Å². The molecule has 0 bridgehead atoms. The third-order valence-corrected chi connectivity index (χ3v) is 7.63. The zero-order valence-electron chi connectivity index (χ0n) is 18.9. The van der Waals surface area contributed by atoms with Crippen LogP contribution in [0.3, 0.4) is 0 Å². The molecule has 2 N–H and O–H groups in total. The van der Waals surface area contributed by atoms with Crippen LogP contribution in [0.1, 0.15) is 24.0 Å². The van der Waals surface area contributed by atoms with Crippen molar-refractivity contribution in [1.29, 1.82) is 0 Å². The Balaban J connectivity index is 1.46. The molecule has 184 valence electrons. The van der Waals surface area contributed by atoms with Gasteiger partial charge in [-0.2, -0.15) is 21.6 Å². The molecule has 1 saturated heterocycles. The van der Waals surface area contributed by atoms with Gasteiger partial charge in [0.25, 0.3) is 10.0 Å². The molecule has 2 aliphatic rings. The predicted octanol–water partition coefficient (Wildman–Crippen LogP) is 4.21. The Kier molecular flexibility index (Phi) is 5.71. The quantitative estimate of drug-likeness (QED) is 0.543. The van der Waals surface area contributed by atoms with E-state index in [2.05, 4.69) is 24.9 Å². The van der Waals surface area contributed by atoms with Gasteiger partial charge in [0.1, 0.15) is 11.6 Å². The van der Waals surface area contributed by atoms with Crippen molar-refractivity contribution in [3.8, 4) is 11.3 Å². The summed E-state index contributed by atoms with van der Waals surface area (Å²) in [6.45, 7) is 3.91. The predicted molar refractivity (Wildman–Crippen MR) is 127 cm³/mol. The highest BCUT2D eigenvalue weighted by Crippen LogP contribution is 2.39. The van der Waals surface area contributed by atoms with Crippen molar-refractivity contribution in [2.45, 2.75) is 36.5 Å². The zero-order valence-corrected chi connectivity index (χ0v) is 19.7. The van der Waals surface area contributed by atoms with Crippen molar-refractivity contribution < 1.29 is 21.6 Å². The fourth-order valence-corrected chi connectivity index (χ4v) is 5.31. The Morgan fingerprint density at radius 3 is 2.51 bits per heavy atom. The van der Waals surface area contributed by atoms with Crippen LogP contribution in [-0.4, -0.2) is 43.6 Å². The van der Waals surface area contributed by atoms with Crippen LogP contribution in [0.15, 0.2) is 59.6 Å². The van der Waals surface area contributed by atoms with Gasteiger partial charge < -0.3 is 10.2 Å². The molecule has 1 aliphatic heterocycles. The molecule has 1 aromatic carbocycles. The molecule has 1 spiro atoms. The normalized spacial score (nSPS) is 17.4. The smallest absolute Gasteiger partial charge is 0.353 e. The minimum absolute atomic E-state index is 0.0865. The summed E-state index contributed by atoms with van der Waals surface area (Å²) in [5.41, 5.74) is -0.336. The van der Waals surface area contributed by atoms with Crippen LogP contribution in [0.2, 0.25) is 0 Å². The summed E-state index contributed by atoms with van der Waals surface area (Å²) >= 11 is 0. The number of piperazine rings is 1. The van der Waals surface area contributed by atoms with Crippen LogP contribution in [0.5, 0.6) is 0 Å². The van der Waals surface area contributed by atoms with Gasteiger partial charge >= 0.3 is 6.18 Å². The Bertz CT molecular complexity index is 1370. The molecule has 0 amide bonds. The number of sulfonamides is 1. The molecule has 0 radical (unpaired) electrons. The van der Waals surface area contributed by atoms with Crippen molar-refractivity contribution in [3.05, 3.63) is 65.7 Å². The highest BCUT2D eigenvalue weighted by Gasteiger charge is 2.45. The van der Waals surface area contributed by atoms with Crippen molar-refractivity contribution in [1.82, 2.24) is 15.3 Å². The molecule has 11 heteroatoms. The molecule has 1 saturated carbocycles. The molecule has 0 atom stereocenters. The lowest BCUT2D eigenvalue weighted by Crippen LogP contribution is -2.52. The van der Waals surface area contributed by atoms with E-state index in [1.54, 1.807) is 37.3 Å². The van der Waals surface area contributed by atoms with Gasteiger partial charge in [-0.05, 0) is 49.6 Å². The number of benzene rings is 1. The Hall–Kier alpha value is -3.18. The Labute approximate surface area is 201 Å². The second-order valence-corrected chi connectivity index (χ2v) is 10.6. The number of hydrogen-bond donors (Lipinski definition) is 2. The van der Waals surface area contributed by atoms with E-state index >= 15 is 0 Å². The average Bonchev–Trinajstić information content (AvgIpc) is 3.56. The van der Waals surface area contributed by atoms with Crippen molar-refractivity contribution in [3.63, 3.8) is 0 Å². The first-order valence-corrected chi connectivity index (χ1v) is 12.7. The molecule has 7 nitrogen and oxygen atoms in total. The minimum atomic E-state index is -4.65. The van der Waals surface area contributed by atoms with E-state index in [1.165, 1.54) is 12.1 Å². The lowest BCUT2D eigenvalue weighted by Gasteiger charge is -2.34. The lowest BCUT2D eigenvalue weighted by atomic mass is 10.0. The number of nitrogens with one attached hydrogen (secondary N) is 2. The van der Waals surface area contributed by atoms with Gasteiger partial charge in [0.05, 0.1) is 11.3 Å². The molecular weight excluding hydrogens is 479 g/mol. The van der Waals surface area contributed by atoms with Crippen molar-refractivity contribution >= 4 is 21.7 Å². The number of aromatic nitrogens is 2. The van der Waals surface area contributed by atoms with E-state index < -0.39 is 21.8 Å². The third-order valence-electron chi connectivity index (χ3n) is 6.38.